The van der Waals surface area contributed by atoms with E-state index in [2.05, 4.69) is 21.3 Å². The third kappa shape index (κ3) is 8.55. The molecule has 0 saturated carbocycles. The van der Waals surface area contributed by atoms with Gasteiger partial charge in [0, 0.05) is 34.1 Å². The number of amides is 2. The standard InChI is InChI=1S/C40H30N4O7/c45-37(43-29-15-11-27(12-16-29)41-25-7-3-1-4-8-25)35-23-31(19-21-33(35)39(47)48)51-32-20-22-34(40(49)50)36(24-32)38(46)44-30-17-13-28(14-18-30)42-26-9-5-2-6-10-26/h1-24,41-42H,(H,43,45)(H,44,46)(H,47,48)(H,49,50). The molecule has 0 radical (unpaired) electrons. The predicted octanol–water partition coefficient (Wildman–Crippen LogP) is 8.87. The Morgan fingerprint density at radius 3 is 1.08 bits per heavy atom. The Labute approximate surface area is 292 Å². The van der Waals surface area contributed by atoms with E-state index in [-0.39, 0.29) is 33.8 Å². The summed E-state index contributed by atoms with van der Waals surface area (Å²) >= 11 is 0. The molecule has 0 atom stereocenters. The molecule has 0 aromatic heterocycles. The number of carbonyl (C=O) groups excluding carboxylic acids is 2. The average molecular weight is 679 g/mol. The second-order valence-corrected chi connectivity index (χ2v) is 11.2. The lowest BCUT2D eigenvalue weighted by Crippen LogP contribution is -2.17. The molecule has 11 nitrogen and oxygen atoms in total. The van der Waals surface area contributed by atoms with Crippen molar-refractivity contribution in [3.8, 4) is 11.5 Å². The topological polar surface area (TPSA) is 166 Å². The minimum Gasteiger partial charge on any atom is -0.478 e. The molecule has 6 aromatic rings. The number of carboxylic acid groups (broad SMARTS) is 2. The maximum absolute atomic E-state index is 13.3. The fourth-order valence-corrected chi connectivity index (χ4v) is 5.11. The fourth-order valence-electron chi connectivity index (χ4n) is 5.11. The number of aromatic carboxylic acids is 2. The molecule has 0 unspecified atom stereocenters. The Hall–Kier alpha value is -7.40. The molecule has 51 heavy (non-hydrogen) atoms. The summed E-state index contributed by atoms with van der Waals surface area (Å²) in [6.45, 7) is 0. The van der Waals surface area contributed by atoms with E-state index in [1.807, 2.05) is 60.7 Å². The Morgan fingerprint density at radius 1 is 0.392 bits per heavy atom. The molecule has 0 aliphatic rings. The first-order chi connectivity index (χ1) is 24.7. The van der Waals surface area contributed by atoms with Crippen molar-refractivity contribution in [2.75, 3.05) is 21.3 Å². The highest BCUT2D eigenvalue weighted by Crippen LogP contribution is 2.28. The number of nitrogens with one attached hydrogen (secondary N) is 4. The summed E-state index contributed by atoms with van der Waals surface area (Å²) in [6.07, 6.45) is 0. The van der Waals surface area contributed by atoms with Crippen LogP contribution in [0.5, 0.6) is 11.5 Å². The van der Waals surface area contributed by atoms with Gasteiger partial charge >= 0.3 is 11.9 Å². The number of benzene rings is 6. The van der Waals surface area contributed by atoms with Crippen LogP contribution < -0.4 is 26.0 Å². The van der Waals surface area contributed by atoms with Crippen molar-refractivity contribution < 1.29 is 34.1 Å². The molecule has 0 bridgehead atoms. The summed E-state index contributed by atoms with van der Waals surface area (Å²) in [6, 6.07) is 40.6. The molecule has 0 fully saturated rings. The van der Waals surface area contributed by atoms with Crippen molar-refractivity contribution in [2.45, 2.75) is 0 Å². The van der Waals surface area contributed by atoms with Gasteiger partial charge in [-0.05, 0) is 109 Å². The zero-order chi connectivity index (χ0) is 35.7. The van der Waals surface area contributed by atoms with E-state index in [9.17, 15) is 29.4 Å². The van der Waals surface area contributed by atoms with E-state index >= 15 is 0 Å². The van der Waals surface area contributed by atoms with E-state index < -0.39 is 23.8 Å². The zero-order valence-corrected chi connectivity index (χ0v) is 26.8. The first-order valence-corrected chi connectivity index (χ1v) is 15.6. The van der Waals surface area contributed by atoms with Gasteiger partial charge in [0.25, 0.3) is 11.8 Å². The van der Waals surface area contributed by atoms with Crippen LogP contribution in [0, 0.1) is 0 Å². The van der Waals surface area contributed by atoms with Crippen LogP contribution in [-0.2, 0) is 0 Å². The molecule has 11 heteroatoms. The Kier molecular flexibility index (Phi) is 10.00. The number of rotatable bonds is 12. The number of para-hydroxylation sites is 2. The van der Waals surface area contributed by atoms with Gasteiger partial charge in [-0.2, -0.15) is 0 Å². The second-order valence-electron chi connectivity index (χ2n) is 11.2. The molecule has 6 N–H and O–H groups in total. The summed E-state index contributed by atoms with van der Waals surface area (Å²) in [5, 5.41) is 31.5. The van der Waals surface area contributed by atoms with Crippen molar-refractivity contribution in [1.29, 1.82) is 0 Å². The molecule has 0 spiro atoms. The van der Waals surface area contributed by atoms with Crippen LogP contribution in [0.1, 0.15) is 41.4 Å². The number of carboxylic acids is 2. The van der Waals surface area contributed by atoms with E-state index in [4.69, 9.17) is 4.74 Å². The van der Waals surface area contributed by atoms with Crippen LogP contribution in [0.15, 0.2) is 146 Å². The van der Waals surface area contributed by atoms with E-state index in [0.29, 0.717) is 11.4 Å². The fraction of sp³-hybridized carbons (Fsp3) is 0. The minimum atomic E-state index is -1.32. The summed E-state index contributed by atoms with van der Waals surface area (Å²) in [4.78, 5) is 50.6. The number of hydrogen-bond acceptors (Lipinski definition) is 7. The Bertz CT molecular complexity index is 2050. The van der Waals surface area contributed by atoms with Crippen molar-refractivity contribution in [1.82, 2.24) is 0 Å². The lowest BCUT2D eigenvalue weighted by atomic mass is 10.1. The molecule has 6 aromatic carbocycles. The van der Waals surface area contributed by atoms with Gasteiger partial charge in [0.05, 0.1) is 22.3 Å². The minimum absolute atomic E-state index is 0.0866. The largest absolute Gasteiger partial charge is 0.478 e. The number of ether oxygens (including phenoxy) is 1. The molecule has 0 heterocycles. The van der Waals surface area contributed by atoms with Gasteiger partial charge < -0.3 is 36.2 Å². The van der Waals surface area contributed by atoms with Crippen molar-refractivity contribution >= 4 is 57.9 Å². The van der Waals surface area contributed by atoms with Gasteiger partial charge in [-0.25, -0.2) is 9.59 Å². The summed E-state index contributed by atoms with van der Waals surface area (Å²) in [5.41, 5.74) is 3.38. The average Bonchev–Trinajstić information content (AvgIpc) is 3.14. The highest BCUT2D eigenvalue weighted by Gasteiger charge is 2.21. The maximum atomic E-state index is 13.3. The second kappa shape index (κ2) is 15.2. The first-order valence-electron chi connectivity index (χ1n) is 15.6. The Morgan fingerprint density at radius 2 is 0.725 bits per heavy atom. The monoisotopic (exact) mass is 678 g/mol. The number of carbonyl (C=O) groups is 4. The van der Waals surface area contributed by atoms with Gasteiger partial charge in [-0.3, -0.25) is 9.59 Å². The lowest BCUT2D eigenvalue weighted by Gasteiger charge is -2.13. The molecule has 2 amide bonds. The molecule has 0 aliphatic carbocycles. The van der Waals surface area contributed by atoms with Crippen LogP contribution in [0.4, 0.5) is 34.1 Å². The third-order valence-electron chi connectivity index (χ3n) is 7.58. The summed E-state index contributed by atoms with van der Waals surface area (Å²) in [7, 11) is 0. The zero-order valence-electron chi connectivity index (χ0n) is 26.8. The quantitative estimate of drug-likeness (QED) is 0.0741. The highest BCUT2D eigenvalue weighted by atomic mass is 16.5. The van der Waals surface area contributed by atoms with Crippen LogP contribution in [0.2, 0.25) is 0 Å². The van der Waals surface area contributed by atoms with Crippen LogP contribution in [0.3, 0.4) is 0 Å². The SMILES string of the molecule is O=C(O)c1ccc(Oc2ccc(C(=O)O)c(C(=O)Nc3ccc(Nc4ccccc4)cc3)c2)cc1C(=O)Nc1ccc(Nc2ccccc2)cc1. The van der Waals surface area contributed by atoms with Gasteiger partial charge in [0.2, 0.25) is 0 Å². The maximum Gasteiger partial charge on any atom is 0.336 e. The number of hydrogen-bond donors (Lipinski definition) is 6. The smallest absolute Gasteiger partial charge is 0.336 e. The summed E-state index contributed by atoms with van der Waals surface area (Å²) < 4.78 is 5.91. The lowest BCUT2D eigenvalue weighted by molar-refractivity contribution is 0.0683. The number of anilines is 6. The molecule has 6 rings (SSSR count). The predicted molar refractivity (Wildman–Crippen MR) is 195 cm³/mol. The van der Waals surface area contributed by atoms with Crippen LogP contribution in [0.25, 0.3) is 0 Å². The summed E-state index contributed by atoms with van der Waals surface area (Å²) in [5.74, 6) is -3.83. The molecule has 0 saturated heterocycles. The molecular formula is C40H30N4O7. The molecule has 0 aliphatic heterocycles. The van der Waals surface area contributed by atoms with Gasteiger partial charge in [-0.1, -0.05) is 36.4 Å². The van der Waals surface area contributed by atoms with Crippen molar-refractivity contribution in [3.63, 3.8) is 0 Å². The van der Waals surface area contributed by atoms with E-state index in [1.54, 1.807) is 48.5 Å². The van der Waals surface area contributed by atoms with E-state index in [0.717, 1.165) is 22.7 Å². The van der Waals surface area contributed by atoms with Gasteiger partial charge in [-0.15, -0.1) is 0 Å². The third-order valence-corrected chi connectivity index (χ3v) is 7.58. The van der Waals surface area contributed by atoms with Gasteiger partial charge in [0.1, 0.15) is 11.5 Å². The van der Waals surface area contributed by atoms with Crippen LogP contribution in [-0.4, -0.2) is 34.0 Å². The Balaban J connectivity index is 1.17. The normalized spacial score (nSPS) is 10.4. The molecular weight excluding hydrogens is 648 g/mol. The van der Waals surface area contributed by atoms with E-state index in [1.165, 1.54) is 36.4 Å². The first kappa shape index (κ1) is 33.5. The molecule has 252 valence electrons. The van der Waals surface area contributed by atoms with Crippen LogP contribution >= 0.6 is 0 Å². The van der Waals surface area contributed by atoms with Gasteiger partial charge in [0.15, 0.2) is 0 Å². The van der Waals surface area contributed by atoms with Crippen molar-refractivity contribution in [3.05, 3.63) is 168 Å². The van der Waals surface area contributed by atoms with Crippen molar-refractivity contribution in [2.24, 2.45) is 0 Å². The highest BCUT2D eigenvalue weighted by molar-refractivity contribution is 6.12.